The van der Waals surface area contributed by atoms with Gasteiger partial charge in [-0.15, -0.1) is 0 Å². The average molecular weight is 297 g/mol. The second-order valence-corrected chi connectivity index (χ2v) is 5.79. The standard InChI is InChI=1S/C10H20NO7P/c1-5-6-7-18-10(13)11-8(9(12)15-2)19(14,16-3)17-4/h8H,5-7H2,1-4H3,(H,11,13). The van der Waals surface area contributed by atoms with Crippen LogP contribution in [0.15, 0.2) is 0 Å². The first-order valence-corrected chi connectivity index (χ1v) is 7.28. The summed E-state index contributed by atoms with van der Waals surface area (Å²) in [5.74, 6) is -2.51. The van der Waals surface area contributed by atoms with Crippen molar-refractivity contribution in [2.75, 3.05) is 27.9 Å². The Hall–Kier alpha value is -1.11. The Bertz CT molecular complexity index is 339. The van der Waals surface area contributed by atoms with E-state index in [9.17, 15) is 14.2 Å². The second kappa shape index (κ2) is 8.90. The van der Waals surface area contributed by atoms with Crippen molar-refractivity contribution in [3.05, 3.63) is 0 Å². The van der Waals surface area contributed by atoms with Crippen LogP contribution in [0.1, 0.15) is 19.8 Å². The van der Waals surface area contributed by atoms with Crippen LogP contribution in [0.2, 0.25) is 0 Å². The summed E-state index contributed by atoms with van der Waals surface area (Å²) >= 11 is 0. The topological polar surface area (TPSA) is 100 Å². The molecule has 1 N–H and O–H groups in total. The molecule has 0 aromatic carbocycles. The van der Waals surface area contributed by atoms with E-state index < -0.39 is 25.4 Å². The molecule has 0 rings (SSSR count). The molecule has 0 aliphatic rings. The number of carbonyl (C=O) groups excluding carboxylic acids is 2. The molecular formula is C10H20NO7P. The van der Waals surface area contributed by atoms with Gasteiger partial charge in [-0.3, -0.25) is 9.88 Å². The number of nitrogens with one attached hydrogen (secondary N) is 1. The minimum atomic E-state index is -3.84. The molecule has 0 spiro atoms. The van der Waals surface area contributed by atoms with Gasteiger partial charge in [-0.2, -0.15) is 0 Å². The van der Waals surface area contributed by atoms with Crippen molar-refractivity contribution in [3.8, 4) is 0 Å². The summed E-state index contributed by atoms with van der Waals surface area (Å²) in [4.78, 5) is 23.0. The average Bonchev–Trinajstić information content (AvgIpc) is 2.43. The Morgan fingerprint density at radius 3 is 2.21 bits per heavy atom. The van der Waals surface area contributed by atoms with Gasteiger partial charge in [0.1, 0.15) is 0 Å². The van der Waals surface area contributed by atoms with E-state index in [-0.39, 0.29) is 6.61 Å². The molecule has 1 amide bonds. The van der Waals surface area contributed by atoms with Crippen LogP contribution in [0.5, 0.6) is 0 Å². The van der Waals surface area contributed by atoms with Crippen LogP contribution < -0.4 is 5.32 Å². The Balaban J connectivity index is 4.74. The van der Waals surface area contributed by atoms with Crippen LogP contribution in [0.25, 0.3) is 0 Å². The minimum Gasteiger partial charge on any atom is -0.467 e. The van der Waals surface area contributed by atoms with Gasteiger partial charge in [0, 0.05) is 14.2 Å². The van der Waals surface area contributed by atoms with E-state index in [0.717, 1.165) is 27.8 Å². The molecule has 0 aliphatic carbocycles. The Morgan fingerprint density at radius 1 is 1.21 bits per heavy atom. The predicted octanol–water partition coefficient (Wildman–Crippen LogP) is 1.50. The van der Waals surface area contributed by atoms with Gasteiger partial charge in [-0.25, -0.2) is 9.59 Å². The van der Waals surface area contributed by atoms with Crippen molar-refractivity contribution < 1.29 is 32.7 Å². The lowest BCUT2D eigenvalue weighted by atomic mass is 10.4. The molecule has 0 bridgehead atoms. The first kappa shape index (κ1) is 17.9. The van der Waals surface area contributed by atoms with Crippen LogP contribution >= 0.6 is 7.60 Å². The summed E-state index contributed by atoms with van der Waals surface area (Å²) < 4.78 is 30.7. The number of esters is 1. The number of amides is 1. The number of ether oxygens (including phenoxy) is 2. The highest BCUT2D eigenvalue weighted by Gasteiger charge is 2.42. The number of methoxy groups -OCH3 is 1. The third kappa shape index (κ3) is 5.59. The fourth-order valence-corrected chi connectivity index (χ4v) is 2.32. The van der Waals surface area contributed by atoms with Gasteiger partial charge in [0.25, 0.3) is 0 Å². The predicted molar refractivity (Wildman–Crippen MR) is 66.8 cm³/mol. The number of hydrogen-bond donors (Lipinski definition) is 1. The SMILES string of the molecule is CCCCOC(=O)NC(C(=O)OC)P(=O)(OC)OC. The summed E-state index contributed by atoms with van der Waals surface area (Å²) in [5.41, 5.74) is 0. The summed E-state index contributed by atoms with van der Waals surface area (Å²) in [6.45, 7) is 2.13. The second-order valence-electron chi connectivity index (χ2n) is 3.46. The monoisotopic (exact) mass is 297 g/mol. The van der Waals surface area contributed by atoms with Crippen LogP contribution in [-0.4, -0.2) is 45.8 Å². The Kier molecular flexibility index (Phi) is 8.38. The van der Waals surface area contributed by atoms with E-state index in [1.54, 1.807) is 0 Å². The highest BCUT2D eigenvalue weighted by Crippen LogP contribution is 2.50. The highest BCUT2D eigenvalue weighted by atomic mass is 31.2. The molecule has 0 fully saturated rings. The molecule has 0 radical (unpaired) electrons. The van der Waals surface area contributed by atoms with E-state index in [1.165, 1.54) is 0 Å². The van der Waals surface area contributed by atoms with E-state index in [4.69, 9.17) is 4.74 Å². The molecule has 0 saturated carbocycles. The first-order valence-electron chi connectivity index (χ1n) is 5.67. The van der Waals surface area contributed by atoms with Crippen molar-refractivity contribution in [1.29, 1.82) is 0 Å². The smallest absolute Gasteiger partial charge is 0.408 e. The molecule has 0 aromatic heterocycles. The number of alkyl carbamates (subject to hydrolysis) is 1. The van der Waals surface area contributed by atoms with Gasteiger partial charge < -0.3 is 18.5 Å². The number of carbonyl (C=O) groups is 2. The van der Waals surface area contributed by atoms with Gasteiger partial charge in [-0.1, -0.05) is 13.3 Å². The summed E-state index contributed by atoms with van der Waals surface area (Å²) in [7, 11) is -0.548. The normalized spacial score (nSPS) is 12.6. The number of unbranched alkanes of at least 4 members (excludes halogenated alkanes) is 1. The number of hydrogen-bond acceptors (Lipinski definition) is 7. The molecule has 0 saturated heterocycles. The summed E-state index contributed by atoms with van der Waals surface area (Å²) in [6, 6.07) is 0. The lowest BCUT2D eigenvalue weighted by Crippen LogP contribution is -2.42. The lowest BCUT2D eigenvalue weighted by Gasteiger charge is -2.22. The van der Waals surface area contributed by atoms with Gasteiger partial charge in [0.2, 0.25) is 5.78 Å². The first-order chi connectivity index (χ1) is 8.95. The molecule has 1 atom stereocenters. The number of rotatable bonds is 8. The summed E-state index contributed by atoms with van der Waals surface area (Å²) in [5, 5.41) is 2.12. The van der Waals surface area contributed by atoms with Crippen molar-refractivity contribution in [1.82, 2.24) is 5.32 Å². The third-order valence-electron chi connectivity index (χ3n) is 2.24. The Morgan fingerprint density at radius 2 is 1.79 bits per heavy atom. The quantitative estimate of drug-likeness (QED) is 0.411. The lowest BCUT2D eigenvalue weighted by molar-refractivity contribution is -0.141. The molecule has 0 heterocycles. The molecule has 19 heavy (non-hydrogen) atoms. The largest absolute Gasteiger partial charge is 0.467 e. The molecule has 1 unspecified atom stereocenters. The summed E-state index contributed by atoms with van der Waals surface area (Å²) in [6.07, 6.45) is 0.642. The van der Waals surface area contributed by atoms with Gasteiger partial charge in [0.05, 0.1) is 13.7 Å². The molecule has 112 valence electrons. The van der Waals surface area contributed by atoms with Crippen LogP contribution in [0.3, 0.4) is 0 Å². The van der Waals surface area contributed by atoms with E-state index in [1.807, 2.05) is 6.92 Å². The van der Waals surface area contributed by atoms with Gasteiger partial charge in [0.15, 0.2) is 0 Å². The minimum absolute atomic E-state index is 0.195. The molecular weight excluding hydrogens is 277 g/mol. The van der Waals surface area contributed by atoms with Gasteiger partial charge >= 0.3 is 19.7 Å². The zero-order valence-electron chi connectivity index (χ0n) is 11.5. The van der Waals surface area contributed by atoms with E-state index >= 15 is 0 Å². The van der Waals surface area contributed by atoms with E-state index in [0.29, 0.717) is 6.42 Å². The van der Waals surface area contributed by atoms with E-state index in [2.05, 4.69) is 19.1 Å². The van der Waals surface area contributed by atoms with Crippen molar-refractivity contribution >= 4 is 19.7 Å². The van der Waals surface area contributed by atoms with Crippen LogP contribution in [0.4, 0.5) is 4.79 Å². The fraction of sp³-hybridized carbons (Fsp3) is 0.800. The van der Waals surface area contributed by atoms with Crippen LogP contribution in [-0.2, 0) is 27.9 Å². The van der Waals surface area contributed by atoms with Gasteiger partial charge in [-0.05, 0) is 6.42 Å². The maximum absolute atomic E-state index is 12.1. The van der Waals surface area contributed by atoms with Crippen molar-refractivity contribution in [3.63, 3.8) is 0 Å². The van der Waals surface area contributed by atoms with Crippen molar-refractivity contribution in [2.45, 2.75) is 25.5 Å². The van der Waals surface area contributed by atoms with Crippen molar-refractivity contribution in [2.24, 2.45) is 0 Å². The molecule has 8 nitrogen and oxygen atoms in total. The highest BCUT2D eigenvalue weighted by molar-refractivity contribution is 7.55. The third-order valence-corrected chi connectivity index (χ3v) is 4.23. The zero-order valence-corrected chi connectivity index (χ0v) is 12.4. The molecule has 0 aliphatic heterocycles. The molecule has 0 aromatic rings. The molecule has 9 heteroatoms. The Labute approximate surface area is 112 Å². The zero-order chi connectivity index (χ0) is 14.9. The maximum atomic E-state index is 12.1. The maximum Gasteiger partial charge on any atom is 0.408 e. The van der Waals surface area contributed by atoms with Crippen LogP contribution in [0, 0.1) is 0 Å². The fourth-order valence-electron chi connectivity index (χ4n) is 1.13.